The summed E-state index contributed by atoms with van der Waals surface area (Å²) < 4.78 is 0. The number of terminal acetylenes is 1. The van der Waals surface area contributed by atoms with Crippen LogP contribution in [-0.4, -0.2) is 41.6 Å². The molecule has 2 heterocycles. The van der Waals surface area contributed by atoms with Crippen molar-refractivity contribution in [3.05, 3.63) is 0 Å². The number of likely N-dealkylation sites (tertiary alicyclic amines) is 1. The first-order chi connectivity index (χ1) is 9.54. The molecule has 5 heteroatoms. The molecular weight excluding hydrogens is 252 g/mol. The molecule has 1 amide bonds. The summed E-state index contributed by atoms with van der Waals surface area (Å²) in [5.74, 6) is 2.71. The first-order valence-electron chi connectivity index (χ1n) is 7.45. The van der Waals surface area contributed by atoms with E-state index in [0.717, 1.165) is 25.9 Å². The minimum Gasteiger partial charge on any atom is -0.352 e. The number of carbonyl (C=O) groups excluding carboxylic acids is 1. The van der Waals surface area contributed by atoms with Gasteiger partial charge >= 0.3 is 0 Å². The highest BCUT2D eigenvalue weighted by molar-refractivity contribution is 5.76. The number of hydrogen-bond acceptors (Lipinski definition) is 4. The normalized spacial score (nSPS) is 23.8. The molecule has 0 aliphatic carbocycles. The van der Waals surface area contributed by atoms with Gasteiger partial charge in [-0.2, -0.15) is 10.2 Å². The van der Waals surface area contributed by atoms with Crippen molar-refractivity contribution in [2.75, 3.05) is 13.1 Å². The molecule has 5 nitrogen and oxygen atoms in total. The Hall–Kier alpha value is -1.41. The van der Waals surface area contributed by atoms with E-state index in [2.05, 4.69) is 40.2 Å². The van der Waals surface area contributed by atoms with Gasteiger partial charge in [-0.1, -0.05) is 0 Å². The average Bonchev–Trinajstić information content (AvgIpc) is 3.04. The third-order valence-electron chi connectivity index (χ3n) is 4.12. The van der Waals surface area contributed by atoms with Crippen LogP contribution < -0.4 is 5.32 Å². The van der Waals surface area contributed by atoms with Crippen LogP contribution in [0.5, 0.6) is 0 Å². The van der Waals surface area contributed by atoms with Crippen LogP contribution in [0.25, 0.3) is 0 Å². The maximum atomic E-state index is 12.0. The van der Waals surface area contributed by atoms with E-state index < -0.39 is 0 Å². The highest BCUT2D eigenvalue weighted by Gasteiger charge is 2.39. The summed E-state index contributed by atoms with van der Waals surface area (Å²) in [6.07, 6.45) is 8.89. The fourth-order valence-electron chi connectivity index (χ4n) is 2.66. The quantitative estimate of drug-likeness (QED) is 0.722. The smallest absolute Gasteiger partial charge is 0.220 e. The monoisotopic (exact) mass is 276 g/mol. The highest BCUT2D eigenvalue weighted by Crippen LogP contribution is 2.37. The van der Waals surface area contributed by atoms with Gasteiger partial charge in [0, 0.05) is 50.9 Å². The molecule has 1 saturated heterocycles. The molecule has 0 aromatic carbocycles. The molecule has 2 aliphatic heterocycles. The van der Waals surface area contributed by atoms with Crippen LogP contribution in [0.4, 0.5) is 0 Å². The van der Waals surface area contributed by atoms with Gasteiger partial charge in [-0.05, 0) is 20.3 Å². The SMILES string of the molecule is C#CCCC1(CCC(=O)NC2CCN(C(C)C)C2)N=N1. The van der Waals surface area contributed by atoms with Gasteiger partial charge in [-0.25, -0.2) is 0 Å². The molecule has 0 saturated carbocycles. The minimum absolute atomic E-state index is 0.109. The molecule has 0 aromatic heterocycles. The number of rotatable bonds is 7. The highest BCUT2D eigenvalue weighted by atomic mass is 16.1. The molecule has 0 bridgehead atoms. The third kappa shape index (κ3) is 4.04. The number of nitrogens with zero attached hydrogens (tertiary/aromatic N) is 3. The van der Waals surface area contributed by atoms with E-state index in [9.17, 15) is 4.79 Å². The van der Waals surface area contributed by atoms with Gasteiger partial charge in [-0.15, -0.1) is 12.3 Å². The Morgan fingerprint density at radius 3 is 2.80 bits per heavy atom. The van der Waals surface area contributed by atoms with Crippen LogP contribution >= 0.6 is 0 Å². The van der Waals surface area contributed by atoms with Crippen molar-refractivity contribution >= 4 is 5.91 Å². The molecule has 1 N–H and O–H groups in total. The molecule has 2 rings (SSSR count). The number of hydrogen-bond donors (Lipinski definition) is 1. The lowest BCUT2D eigenvalue weighted by molar-refractivity contribution is -0.122. The van der Waals surface area contributed by atoms with Gasteiger partial charge < -0.3 is 5.32 Å². The predicted octanol–water partition coefficient (Wildman–Crippen LogP) is 1.94. The van der Waals surface area contributed by atoms with Gasteiger partial charge in [0.15, 0.2) is 5.66 Å². The summed E-state index contributed by atoms with van der Waals surface area (Å²) >= 11 is 0. The Labute approximate surface area is 121 Å². The topological polar surface area (TPSA) is 57.1 Å². The van der Waals surface area contributed by atoms with Crippen LogP contribution in [0.3, 0.4) is 0 Å². The molecule has 2 aliphatic rings. The van der Waals surface area contributed by atoms with Crippen molar-refractivity contribution < 1.29 is 4.79 Å². The summed E-state index contributed by atoms with van der Waals surface area (Å²) in [6, 6.07) is 0.840. The van der Waals surface area contributed by atoms with Crippen LogP contribution in [0.2, 0.25) is 0 Å². The Morgan fingerprint density at radius 1 is 1.50 bits per heavy atom. The molecule has 1 unspecified atom stereocenters. The lowest BCUT2D eigenvalue weighted by Crippen LogP contribution is -2.38. The van der Waals surface area contributed by atoms with Crippen molar-refractivity contribution in [2.24, 2.45) is 10.2 Å². The number of nitrogens with one attached hydrogen (secondary N) is 1. The third-order valence-corrected chi connectivity index (χ3v) is 4.12. The molecular formula is C15H24N4O. The van der Waals surface area contributed by atoms with Crippen molar-refractivity contribution in [1.82, 2.24) is 10.2 Å². The molecule has 1 atom stereocenters. The van der Waals surface area contributed by atoms with E-state index in [0.29, 0.717) is 31.3 Å². The van der Waals surface area contributed by atoms with Crippen LogP contribution in [0.1, 0.15) is 46.0 Å². The standard InChI is InChI=1S/C15H24N4O/c1-4-5-8-15(17-18-15)9-6-14(20)16-13-7-10-19(11-13)12(2)3/h1,12-13H,5-11H2,2-3H3,(H,16,20). The second-order valence-electron chi connectivity index (χ2n) is 6.03. The lowest BCUT2D eigenvalue weighted by Gasteiger charge is -2.20. The lowest BCUT2D eigenvalue weighted by atomic mass is 10.0. The molecule has 110 valence electrons. The largest absolute Gasteiger partial charge is 0.352 e. The summed E-state index contributed by atoms with van der Waals surface area (Å²) in [6.45, 7) is 6.41. The Balaban J connectivity index is 1.65. The van der Waals surface area contributed by atoms with E-state index in [-0.39, 0.29) is 11.6 Å². The van der Waals surface area contributed by atoms with Crippen LogP contribution in [0.15, 0.2) is 10.2 Å². The van der Waals surface area contributed by atoms with Crippen LogP contribution in [0, 0.1) is 12.3 Å². The zero-order valence-electron chi connectivity index (χ0n) is 12.4. The van der Waals surface area contributed by atoms with Crippen molar-refractivity contribution in [3.8, 4) is 12.3 Å². The molecule has 1 fully saturated rings. The average molecular weight is 276 g/mol. The Morgan fingerprint density at radius 2 is 2.25 bits per heavy atom. The van der Waals surface area contributed by atoms with Crippen LogP contribution in [-0.2, 0) is 4.79 Å². The second kappa shape index (κ2) is 6.36. The first kappa shape index (κ1) is 15.0. The molecule has 0 spiro atoms. The van der Waals surface area contributed by atoms with Gasteiger partial charge in [0.1, 0.15) is 0 Å². The Bertz CT molecular complexity index is 418. The van der Waals surface area contributed by atoms with Gasteiger partial charge in [-0.3, -0.25) is 9.69 Å². The van der Waals surface area contributed by atoms with Gasteiger partial charge in [0.25, 0.3) is 0 Å². The number of amides is 1. The van der Waals surface area contributed by atoms with Gasteiger partial charge in [0.2, 0.25) is 5.91 Å². The summed E-state index contributed by atoms with van der Waals surface area (Å²) in [5, 5.41) is 11.2. The van der Waals surface area contributed by atoms with Crippen molar-refractivity contribution in [3.63, 3.8) is 0 Å². The van der Waals surface area contributed by atoms with E-state index in [1.165, 1.54) is 0 Å². The zero-order valence-corrected chi connectivity index (χ0v) is 12.4. The molecule has 0 radical (unpaired) electrons. The first-order valence-corrected chi connectivity index (χ1v) is 7.45. The minimum atomic E-state index is -0.344. The van der Waals surface area contributed by atoms with Crippen molar-refractivity contribution in [2.45, 2.75) is 63.7 Å². The predicted molar refractivity (Wildman–Crippen MR) is 78.1 cm³/mol. The number of carbonyl (C=O) groups is 1. The fraction of sp³-hybridized carbons (Fsp3) is 0.800. The maximum absolute atomic E-state index is 12.0. The fourth-order valence-corrected chi connectivity index (χ4v) is 2.66. The van der Waals surface area contributed by atoms with Crippen molar-refractivity contribution in [1.29, 1.82) is 0 Å². The van der Waals surface area contributed by atoms with E-state index in [4.69, 9.17) is 6.42 Å². The molecule has 20 heavy (non-hydrogen) atoms. The van der Waals surface area contributed by atoms with Gasteiger partial charge in [0.05, 0.1) is 0 Å². The second-order valence-corrected chi connectivity index (χ2v) is 6.03. The molecule has 0 aromatic rings. The summed E-state index contributed by atoms with van der Waals surface area (Å²) in [5.41, 5.74) is -0.344. The van der Waals surface area contributed by atoms with E-state index >= 15 is 0 Å². The summed E-state index contributed by atoms with van der Waals surface area (Å²) in [4.78, 5) is 14.4. The van der Waals surface area contributed by atoms with E-state index in [1.807, 2.05) is 0 Å². The summed E-state index contributed by atoms with van der Waals surface area (Å²) in [7, 11) is 0. The van der Waals surface area contributed by atoms with E-state index in [1.54, 1.807) is 0 Å². The zero-order chi connectivity index (χ0) is 14.6. The maximum Gasteiger partial charge on any atom is 0.220 e. The Kier molecular flexibility index (Phi) is 4.77.